The number of carbonyl (C=O) groups is 1. The van der Waals surface area contributed by atoms with Crippen LogP contribution in [-0.4, -0.2) is 34.1 Å². The summed E-state index contributed by atoms with van der Waals surface area (Å²) in [6, 6.07) is 4.26. The van der Waals surface area contributed by atoms with Gasteiger partial charge in [0.05, 0.1) is 11.5 Å². The number of nitrogens with one attached hydrogen (secondary N) is 1. The molecular weight excluding hydrogens is 270 g/mol. The number of ether oxygens (including phenoxy) is 1. The Hall–Kier alpha value is -1.48. The highest BCUT2D eigenvalue weighted by Gasteiger charge is 2.11. The van der Waals surface area contributed by atoms with Crippen LogP contribution in [0.2, 0.25) is 0 Å². The van der Waals surface area contributed by atoms with Gasteiger partial charge in [-0.25, -0.2) is 13.6 Å². The number of primary sulfonamides is 1. The summed E-state index contributed by atoms with van der Waals surface area (Å²) in [4.78, 5) is 11.5. The van der Waals surface area contributed by atoms with E-state index in [2.05, 4.69) is 5.32 Å². The van der Waals surface area contributed by atoms with Crippen LogP contribution in [0.3, 0.4) is 0 Å². The Morgan fingerprint density at radius 1 is 1.42 bits per heavy atom. The summed E-state index contributed by atoms with van der Waals surface area (Å²) >= 11 is 0. The molecule has 0 fully saturated rings. The zero-order valence-corrected chi connectivity index (χ0v) is 11.4. The molecule has 0 radical (unpaired) electrons. The maximum atomic E-state index is 11.5. The first-order valence-corrected chi connectivity index (χ1v) is 7.10. The molecule has 1 aromatic rings. The summed E-state index contributed by atoms with van der Waals surface area (Å²) < 4.78 is 27.4. The van der Waals surface area contributed by atoms with Gasteiger partial charge in [-0.1, -0.05) is 6.07 Å². The third kappa shape index (κ3) is 4.95. The van der Waals surface area contributed by atoms with E-state index in [0.717, 1.165) is 5.56 Å². The fourth-order valence-electron chi connectivity index (χ4n) is 1.35. The summed E-state index contributed by atoms with van der Waals surface area (Å²) in [5, 5.41) is 7.58. The molecule has 0 atom stereocenters. The molecule has 1 amide bonds. The van der Waals surface area contributed by atoms with Gasteiger partial charge in [0.25, 0.3) is 0 Å². The summed E-state index contributed by atoms with van der Waals surface area (Å²) in [6.07, 6.45) is 0. The Morgan fingerprint density at radius 3 is 2.68 bits per heavy atom. The van der Waals surface area contributed by atoms with Gasteiger partial charge in [0, 0.05) is 12.2 Å². The molecule has 0 aromatic heterocycles. The van der Waals surface area contributed by atoms with Crippen LogP contribution >= 0.6 is 0 Å². The third-order valence-corrected chi connectivity index (χ3v) is 3.22. The van der Waals surface area contributed by atoms with Gasteiger partial charge in [0.2, 0.25) is 15.9 Å². The summed E-state index contributed by atoms with van der Waals surface area (Å²) in [5.41, 5.74) is 6.33. The normalized spacial score (nSPS) is 11.3. The third-order valence-electron chi connectivity index (χ3n) is 2.31. The lowest BCUT2D eigenvalue weighted by atomic mass is 10.2. The maximum Gasteiger partial charge on any atom is 0.250 e. The SMILES string of the molecule is Cc1ccc(S(N)(=O)=O)cc1NC(=O)COCCN. The molecule has 106 valence electrons. The molecule has 8 heteroatoms. The number of hydrogen-bond donors (Lipinski definition) is 3. The molecule has 7 nitrogen and oxygen atoms in total. The smallest absolute Gasteiger partial charge is 0.250 e. The Labute approximate surface area is 112 Å². The number of benzene rings is 1. The van der Waals surface area contributed by atoms with Crippen LogP contribution in [0.15, 0.2) is 23.1 Å². The molecule has 0 spiro atoms. The van der Waals surface area contributed by atoms with Gasteiger partial charge < -0.3 is 15.8 Å². The monoisotopic (exact) mass is 287 g/mol. The quantitative estimate of drug-likeness (QED) is 0.611. The van der Waals surface area contributed by atoms with Crippen LogP contribution in [0.5, 0.6) is 0 Å². The Balaban J connectivity index is 2.80. The predicted octanol–water partition coefficient (Wildman–Crippen LogP) is -0.444. The first-order valence-electron chi connectivity index (χ1n) is 5.55. The van der Waals surface area contributed by atoms with Crippen molar-refractivity contribution in [3.63, 3.8) is 0 Å². The minimum atomic E-state index is -3.80. The van der Waals surface area contributed by atoms with Crippen LogP contribution in [-0.2, 0) is 19.6 Å². The molecule has 5 N–H and O–H groups in total. The van der Waals surface area contributed by atoms with E-state index in [9.17, 15) is 13.2 Å². The van der Waals surface area contributed by atoms with Crippen molar-refractivity contribution in [2.45, 2.75) is 11.8 Å². The average Bonchev–Trinajstić information content (AvgIpc) is 2.31. The van der Waals surface area contributed by atoms with Crippen LogP contribution in [0.25, 0.3) is 0 Å². The molecule has 0 heterocycles. The van der Waals surface area contributed by atoms with Gasteiger partial charge in [0.15, 0.2) is 0 Å². The van der Waals surface area contributed by atoms with Crippen molar-refractivity contribution in [1.29, 1.82) is 0 Å². The molecular formula is C11H17N3O4S. The average molecular weight is 287 g/mol. The molecule has 0 aliphatic heterocycles. The lowest BCUT2D eigenvalue weighted by Crippen LogP contribution is -2.21. The van der Waals surface area contributed by atoms with Gasteiger partial charge in [-0.15, -0.1) is 0 Å². The Kier molecular flexibility index (Phi) is 5.43. The van der Waals surface area contributed by atoms with Crippen LogP contribution in [0.4, 0.5) is 5.69 Å². The van der Waals surface area contributed by atoms with Gasteiger partial charge >= 0.3 is 0 Å². The van der Waals surface area contributed by atoms with Gasteiger partial charge in [-0.05, 0) is 24.6 Å². The predicted molar refractivity (Wildman–Crippen MR) is 71.1 cm³/mol. The zero-order chi connectivity index (χ0) is 14.5. The van der Waals surface area contributed by atoms with Crippen LogP contribution in [0, 0.1) is 6.92 Å². The van der Waals surface area contributed by atoms with E-state index in [-0.39, 0.29) is 24.0 Å². The fraction of sp³-hybridized carbons (Fsp3) is 0.364. The number of rotatable bonds is 6. The second kappa shape index (κ2) is 6.62. The van der Waals surface area contributed by atoms with Crippen LogP contribution < -0.4 is 16.2 Å². The minimum Gasteiger partial charge on any atom is -0.370 e. The topological polar surface area (TPSA) is 125 Å². The molecule has 0 aliphatic carbocycles. The lowest BCUT2D eigenvalue weighted by Gasteiger charge is -2.10. The largest absolute Gasteiger partial charge is 0.370 e. The Bertz CT molecular complexity index is 557. The van der Waals surface area contributed by atoms with Crippen molar-refractivity contribution in [2.75, 3.05) is 25.1 Å². The molecule has 1 aromatic carbocycles. The molecule has 0 aliphatic rings. The van der Waals surface area contributed by atoms with Crippen molar-refractivity contribution in [1.82, 2.24) is 0 Å². The number of anilines is 1. The first-order chi connectivity index (χ1) is 8.84. The second-order valence-electron chi connectivity index (χ2n) is 3.91. The van der Waals surface area contributed by atoms with E-state index >= 15 is 0 Å². The minimum absolute atomic E-state index is 0.0590. The fourth-order valence-corrected chi connectivity index (χ4v) is 1.89. The van der Waals surface area contributed by atoms with E-state index in [1.54, 1.807) is 13.0 Å². The summed E-state index contributed by atoms with van der Waals surface area (Å²) in [7, 11) is -3.80. The number of nitrogens with two attached hydrogens (primary N) is 2. The van der Waals surface area contributed by atoms with Crippen molar-refractivity contribution in [3.05, 3.63) is 23.8 Å². The first kappa shape index (κ1) is 15.6. The highest BCUT2D eigenvalue weighted by Crippen LogP contribution is 2.19. The summed E-state index contributed by atoms with van der Waals surface area (Å²) in [6.45, 7) is 2.20. The van der Waals surface area contributed by atoms with Crippen LogP contribution in [0.1, 0.15) is 5.56 Å². The molecule has 1 rings (SSSR count). The van der Waals surface area contributed by atoms with Gasteiger partial charge in [-0.3, -0.25) is 4.79 Å². The molecule has 0 saturated carbocycles. The van der Waals surface area contributed by atoms with Crippen molar-refractivity contribution >= 4 is 21.6 Å². The second-order valence-corrected chi connectivity index (χ2v) is 5.47. The Morgan fingerprint density at radius 2 is 2.11 bits per heavy atom. The molecule has 0 unspecified atom stereocenters. The van der Waals surface area contributed by atoms with Crippen molar-refractivity contribution in [3.8, 4) is 0 Å². The number of sulfonamides is 1. The van der Waals surface area contributed by atoms with Gasteiger partial charge in [0.1, 0.15) is 6.61 Å². The number of aryl methyl sites for hydroxylation is 1. The molecule has 0 saturated heterocycles. The maximum absolute atomic E-state index is 11.5. The summed E-state index contributed by atoms with van der Waals surface area (Å²) in [5.74, 6) is -0.386. The zero-order valence-electron chi connectivity index (χ0n) is 10.5. The standard InChI is InChI=1S/C11H17N3O4S/c1-8-2-3-9(19(13,16)17)6-10(8)14-11(15)7-18-5-4-12/h2-3,6H,4-5,7,12H2,1H3,(H,14,15)(H2,13,16,17). The van der Waals surface area contributed by atoms with E-state index in [4.69, 9.17) is 15.6 Å². The number of amides is 1. The number of carbonyl (C=O) groups excluding carboxylic acids is 1. The van der Waals surface area contributed by atoms with Gasteiger partial charge in [-0.2, -0.15) is 0 Å². The van der Waals surface area contributed by atoms with Crippen molar-refractivity contribution < 1.29 is 17.9 Å². The van der Waals surface area contributed by atoms with E-state index in [0.29, 0.717) is 12.2 Å². The highest BCUT2D eigenvalue weighted by molar-refractivity contribution is 7.89. The lowest BCUT2D eigenvalue weighted by molar-refractivity contribution is -0.120. The van der Waals surface area contributed by atoms with E-state index in [1.165, 1.54) is 12.1 Å². The van der Waals surface area contributed by atoms with E-state index < -0.39 is 10.0 Å². The number of hydrogen-bond acceptors (Lipinski definition) is 5. The molecule has 0 bridgehead atoms. The van der Waals surface area contributed by atoms with Crippen molar-refractivity contribution in [2.24, 2.45) is 10.9 Å². The highest BCUT2D eigenvalue weighted by atomic mass is 32.2. The van der Waals surface area contributed by atoms with E-state index in [1.807, 2.05) is 0 Å². The molecule has 19 heavy (non-hydrogen) atoms.